The minimum absolute atomic E-state index is 0.0247. The van der Waals surface area contributed by atoms with E-state index in [1.165, 1.54) is 35.6 Å². The van der Waals surface area contributed by atoms with Crippen LogP contribution in [0, 0.1) is 10.1 Å². The Hall–Kier alpha value is -3.26. The van der Waals surface area contributed by atoms with E-state index in [1.807, 2.05) is 35.7 Å². The van der Waals surface area contributed by atoms with Crippen LogP contribution in [0.1, 0.15) is 10.4 Å². The van der Waals surface area contributed by atoms with Gasteiger partial charge in [-0.2, -0.15) is 4.99 Å². The number of hydrogen-bond acceptors (Lipinski definition) is 4. The predicted molar refractivity (Wildman–Crippen MR) is 122 cm³/mol. The zero-order valence-corrected chi connectivity index (χ0v) is 18.1. The number of carbonyl (C=O) groups is 1. The van der Waals surface area contributed by atoms with Crippen LogP contribution in [0.15, 0.2) is 83.2 Å². The SMILES string of the molecule is O=C(N=c1scc(-c2ccccc2)n1-c1ccc([N+](=O)[O-])cc1)c1ccc(Cl)cc1Cl. The van der Waals surface area contributed by atoms with Crippen LogP contribution < -0.4 is 4.80 Å². The molecule has 0 aliphatic rings. The number of nitro groups is 1. The lowest BCUT2D eigenvalue weighted by Gasteiger charge is -2.09. The van der Waals surface area contributed by atoms with Gasteiger partial charge in [0, 0.05) is 28.2 Å². The van der Waals surface area contributed by atoms with Crippen LogP contribution >= 0.6 is 34.5 Å². The van der Waals surface area contributed by atoms with Crippen molar-refractivity contribution in [2.75, 3.05) is 0 Å². The Bertz CT molecular complexity index is 1350. The molecule has 0 unspecified atom stereocenters. The van der Waals surface area contributed by atoms with E-state index < -0.39 is 10.8 Å². The number of non-ortho nitro benzene ring substituents is 1. The van der Waals surface area contributed by atoms with Crippen molar-refractivity contribution in [2.24, 2.45) is 4.99 Å². The average Bonchev–Trinajstić information content (AvgIpc) is 3.17. The summed E-state index contributed by atoms with van der Waals surface area (Å²) in [5, 5.41) is 13.5. The average molecular weight is 470 g/mol. The number of nitro benzene ring substituents is 1. The van der Waals surface area contributed by atoms with Crippen LogP contribution in [0.4, 0.5) is 5.69 Å². The van der Waals surface area contributed by atoms with E-state index in [0.717, 1.165) is 11.3 Å². The molecule has 0 aliphatic heterocycles. The van der Waals surface area contributed by atoms with E-state index in [-0.39, 0.29) is 16.3 Å². The molecule has 0 aliphatic carbocycles. The molecular weight excluding hydrogens is 457 g/mol. The molecule has 4 rings (SSSR count). The van der Waals surface area contributed by atoms with E-state index in [9.17, 15) is 14.9 Å². The van der Waals surface area contributed by atoms with Gasteiger partial charge < -0.3 is 0 Å². The number of halogens is 2. The lowest BCUT2D eigenvalue weighted by Crippen LogP contribution is -2.16. The zero-order chi connectivity index (χ0) is 22.0. The Morgan fingerprint density at radius 2 is 1.71 bits per heavy atom. The molecule has 1 heterocycles. The molecule has 0 fully saturated rings. The summed E-state index contributed by atoms with van der Waals surface area (Å²) >= 11 is 13.4. The van der Waals surface area contributed by atoms with E-state index in [1.54, 1.807) is 22.8 Å². The van der Waals surface area contributed by atoms with E-state index in [4.69, 9.17) is 23.2 Å². The van der Waals surface area contributed by atoms with Gasteiger partial charge in [0.05, 0.1) is 21.2 Å². The monoisotopic (exact) mass is 469 g/mol. The summed E-state index contributed by atoms with van der Waals surface area (Å²) in [5.41, 5.74) is 2.56. The maximum absolute atomic E-state index is 12.8. The van der Waals surface area contributed by atoms with Gasteiger partial charge in [0.1, 0.15) is 0 Å². The fourth-order valence-corrected chi connectivity index (χ4v) is 4.37. The van der Waals surface area contributed by atoms with Gasteiger partial charge in [-0.15, -0.1) is 11.3 Å². The van der Waals surface area contributed by atoms with Gasteiger partial charge in [0.15, 0.2) is 4.80 Å². The maximum atomic E-state index is 12.8. The first kappa shape index (κ1) is 21.0. The highest BCUT2D eigenvalue weighted by Crippen LogP contribution is 2.25. The van der Waals surface area contributed by atoms with Crippen molar-refractivity contribution in [3.63, 3.8) is 0 Å². The van der Waals surface area contributed by atoms with Crippen LogP contribution in [0.3, 0.4) is 0 Å². The van der Waals surface area contributed by atoms with Crippen LogP contribution in [-0.4, -0.2) is 15.4 Å². The van der Waals surface area contributed by atoms with Crippen molar-refractivity contribution in [1.29, 1.82) is 0 Å². The third kappa shape index (κ3) is 4.44. The first-order valence-electron chi connectivity index (χ1n) is 8.99. The fourth-order valence-electron chi connectivity index (χ4n) is 2.98. The predicted octanol–water partition coefficient (Wildman–Crippen LogP) is 6.16. The molecule has 1 aromatic heterocycles. The van der Waals surface area contributed by atoms with Crippen molar-refractivity contribution in [3.8, 4) is 16.9 Å². The number of thiazole rings is 1. The Kier molecular flexibility index (Phi) is 5.99. The number of amides is 1. The van der Waals surface area contributed by atoms with E-state index in [0.29, 0.717) is 15.5 Å². The second-order valence-corrected chi connectivity index (χ2v) is 8.10. The van der Waals surface area contributed by atoms with Crippen LogP contribution in [0.5, 0.6) is 0 Å². The van der Waals surface area contributed by atoms with Crippen LogP contribution in [-0.2, 0) is 0 Å². The zero-order valence-electron chi connectivity index (χ0n) is 15.7. The lowest BCUT2D eigenvalue weighted by molar-refractivity contribution is -0.384. The molecule has 0 radical (unpaired) electrons. The molecule has 0 bridgehead atoms. The molecule has 3 aromatic carbocycles. The molecule has 0 N–H and O–H groups in total. The van der Waals surface area contributed by atoms with E-state index in [2.05, 4.69) is 4.99 Å². The van der Waals surface area contributed by atoms with Crippen LogP contribution in [0.25, 0.3) is 16.9 Å². The first-order chi connectivity index (χ1) is 14.9. The summed E-state index contributed by atoms with van der Waals surface area (Å²) in [6.07, 6.45) is 0. The normalized spacial score (nSPS) is 11.5. The first-order valence-corrected chi connectivity index (χ1v) is 10.6. The number of aromatic nitrogens is 1. The van der Waals surface area contributed by atoms with Gasteiger partial charge in [-0.25, -0.2) is 0 Å². The highest BCUT2D eigenvalue weighted by Gasteiger charge is 2.15. The summed E-state index contributed by atoms with van der Waals surface area (Å²) in [6, 6.07) is 20.2. The third-order valence-corrected chi connectivity index (χ3v) is 5.83. The minimum Gasteiger partial charge on any atom is -0.285 e. The molecule has 6 nitrogen and oxygen atoms in total. The van der Waals surface area contributed by atoms with Gasteiger partial charge in [-0.05, 0) is 35.9 Å². The minimum atomic E-state index is -0.515. The lowest BCUT2D eigenvalue weighted by atomic mass is 10.1. The molecule has 1 amide bonds. The molecule has 0 spiro atoms. The quantitative estimate of drug-likeness (QED) is 0.265. The van der Waals surface area contributed by atoms with Crippen molar-refractivity contribution >= 4 is 46.1 Å². The smallest absolute Gasteiger partial charge is 0.281 e. The Balaban J connectivity index is 1.88. The number of rotatable bonds is 4. The molecule has 9 heteroatoms. The molecule has 154 valence electrons. The molecule has 0 saturated heterocycles. The third-order valence-electron chi connectivity index (χ3n) is 4.46. The second kappa shape index (κ2) is 8.85. The summed E-state index contributed by atoms with van der Waals surface area (Å²) in [7, 11) is 0. The topological polar surface area (TPSA) is 77.5 Å². The van der Waals surface area contributed by atoms with Gasteiger partial charge in [-0.3, -0.25) is 19.5 Å². The molecule has 31 heavy (non-hydrogen) atoms. The second-order valence-electron chi connectivity index (χ2n) is 6.42. The standard InChI is InChI=1S/C22H13Cl2N3O3S/c23-15-6-11-18(19(24)12-15)21(28)25-22-26(16-7-9-17(10-8-16)27(29)30)20(13-31-22)14-4-2-1-3-5-14/h1-13H. The maximum Gasteiger partial charge on any atom is 0.281 e. The number of carbonyl (C=O) groups excluding carboxylic acids is 1. The number of nitrogens with zero attached hydrogens (tertiary/aromatic N) is 3. The molecule has 0 saturated carbocycles. The Morgan fingerprint density at radius 1 is 1.00 bits per heavy atom. The summed E-state index contributed by atoms with van der Waals surface area (Å²) in [6.45, 7) is 0. The highest BCUT2D eigenvalue weighted by atomic mass is 35.5. The van der Waals surface area contributed by atoms with Crippen molar-refractivity contribution in [3.05, 3.63) is 109 Å². The fraction of sp³-hybridized carbons (Fsp3) is 0. The molecule has 4 aromatic rings. The van der Waals surface area contributed by atoms with Crippen molar-refractivity contribution < 1.29 is 9.72 Å². The summed E-state index contributed by atoms with van der Waals surface area (Å²) in [4.78, 5) is 28.1. The number of hydrogen-bond donors (Lipinski definition) is 0. The Morgan fingerprint density at radius 3 is 2.35 bits per heavy atom. The van der Waals surface area contributed by atoms with Gasteiger partial charge in [0.2, 0.25) is 0 Å². The van der Waals surface area contributed by atoms with Gasteiger partial charge in [-0.1, -0.05) is 53.5 Å². The molecule has 0 atom stereocenters. The van der Waals surface area contributed by atoms with Crippen LogP contribution in [0.2, 0.25) is 10.0 Å². The van der Waals surface area contributed by atoms with Gasteiger partial charge in [0.25, 0.3) is 11.6 Å². The highest BCUT2D eigenvalue weighted by molar-refractivity contribution is 7.07. The molecular formula is C22H13Cl2N3O3S. The van der Waals surface area contributed by atoms with Gasteiger partial charge >= 0.3 is 0 Å². The van der Waals surface area contributed by atoms with Crippen molar-refractivity contribution in [2.45, 2.75) is 0 Å². The van der Waals surface area contributed by atoms with E-state index >= 15 is 0 Å². The summed E-state index contributed by atoms with van der Waals surface area (Å²) < 4.78 is 1.78. The number of benzene rings is 3. The Labute approximate surface area is 190 Å². The summed E-state index contributed by atoms with van der Waals surface area (Å²) in [5.74, 6) is -0.515. The largest absolute Gasteiger partial charge is 0.285 e. The van der Waals surface area contributed by atoms with Crippen molar-refractivity contribution in [1.82, 2.24) is 4.57 Å².